The summed E-state index contributed by atoms with van der Waals surface area (Å²) < 4.78 is 34.2. The second kappa shape index (κ2) is 12.8. The molecule has 4 heterocycles. The first-order chi connectivity index (χ1) is 21.2. The number of nitrogens with zero attached hydrogens (tertiary/aromatic N) is 8. The molecule has 0 atom stereocenters. The SMILES string of the molecule is CN(C)C[C@H]1CC[C@H](COc2cc(Nc3ccnc(-c4cnn(S(=O)(=O)C5CC5)c4)n3)ncc2C#Cc2cnn(C)c2)CC1. The van der Waals surface area contributed by atoms with Gasteiger partial charge in [0.25, 0.3) is 10.0 Å². The van der Waals surface area contributed by atoms with E-state index in [0.717, 1.165) is 35.0 Å². The first-order valence-electron chi connectivity index (χ1n) is 14.9. The van der Waals surface area contributed by atoms with Crippen LogP contribution in [0, 0.1) is 23.7 Å². The number of ether oxygens (including phenoxy) is 1. The lowest BCUT2D eigenvalue weighted by molar-refractivity contribution is 0.166. The fourth-order valence-electron chi connectivity index (χ4n) is 5.43. The third-order valence-electron chi connectivity index (χ3n) is 7.91. The summed E-state index contributed by atoms with van der Waals surface area (Å²) in [6.07, 6.45) is 15.9. The van der Waals surface area contributed by atoms with Crippen LogP contribution in [0.5, 0.6) is 5.75 Å². The van der Waals surface area contributed by atoms with Crippen molar-refractivity contribution in [3.05, 3.63) is 60.4 Å². The van der Waals surface area contributed by atoms with Gasteiger partial charge in [-0.25, -0.2) is 23.4 Å². The molecule has 0 amide bonds. The highest BCUT2D eigenvalue weighted by molar-refractivity contribution is 7.90. The maximum Gasteiger partial charge on any atom is 0.256 e. The topological polar surface area (TPSA) is 133 Å². The molecule has 0 aliphatic heterocycles. The molecule has 0 bridgehead atoms. The molecule has 4 aromatic rings. The van der Waals surface area contributed by atoms with E-state index in [-0.39, 0.29) is 5.25 Å². The van der Waals surface area contributed by atoms with Crippen molar-refractivity contribution in [2.24, 2.45) is 18.9 Å². The monoisotopic (exact) mass is 615 g/mol. The minimum atomic E-state index is -3.47. The maximum atomic E-state index is 12.6. The number of rotatable bonds is 10. The number of nitrogens with one attached hydrogen (secondary N) is 1. The van der Waals surface area contributed by atoms with Crippen molar-refractivity contribution in [3.63, 3.8) is 0 Å². The van der Waals surface area contributed by atoms with Crippen molar-refractivity contribution in [2.45, 2.75) is 43.8 Å². The van der Waals surface area contributed by atoms with Crippen LogP contribution in [0.3, 0.4) is 0 Å². The van der Waals surface area contributed by atoms with Crippen molar-refractivity contribution in [2.75, 3.05) is 32.6 Å². The van der Waals surface area contributed by atoms with Gasteiger partial charge in [-0.2, -0.15) is 14.3 Å². The Balaban J connectivity index is 1.18. The van der Waals surface area contributed by atoms with Gasteiger partial charge in [0.15, 0.2) is 5.82 Å². The fraction of sp³-hybridized carbons (Fsp3) is 0.452. The largest absolute Gasteiger partial charge is 0.492 e. The van der Waals surface area contributed by atoms with E-state index in [1.807, 2.05) is 19.3 Å². The highest BCUT2D eigenvalue weighted by Gasteiger charge is 2.37. The Hall–Kier alpha value is -4.28. The smallest absolute Gasteiger partial charge is 0.256 e. The molecular formula is C31H37N9O3S. The molecule has 0 radical (unpaired) electrons. The lowest BCUT2D eigenvalue weighted by Gasteiger charge is -2.30. The summed E-state index contributed by atoms with van der Waals surface area (Å²) in [6.45, 7) is 1.75. The molecule has 2 fully saturated rings. The molecule has 2 saturated carbocycles. The molecule has 12 nitrogen and oxygen atoms in total. The summed E-state index contributed by atoms with van der Waals surface area (Å²) in [5, 5.41) is 11.1. The minimum Gasteiger partial charge on any atom is -0.492 e. The van der Waals surface area contributed by atoms with Gasteiger partial charge in [-0.3, -0.25) is 4.68 Å². The van der Waals surface area contributed by atoms with E-state index in [2.05, 4.69) is 61.3 Å². The molecule has 0 aromatic carbocycles. The highest BCUT2D eigenvalue weighted by atomic mass is 32.2. The van der Waals surface area contributed by atoms with Crippen molar-refractivity contribution >= 4 is 21.7 Å². The Bertz CT molecular complexity index is 1780. The second-order valence-corrected chi connectivity index (χ2v) is 14.0. The van der Waals surface area contributed by atoms with E-state index in [0.29, 0.717) is 59.7 Å². The number of aromatic nitrogens is 7. The number of pyridine rings is 1. The Morgan fingerprint density at radius 2 is 1.77 bits per heavy atom. The standard InChI is InChI=1S/C31H37N9O3S/c1-38(2)18-22-4-6-23(7-5-22)21-43-28-14-30(33-16-25(28)9-8-24-15-34-39(3)19-24)36-29-12-13-32-31(37-29)26-17-35-40(20-26)44(41,42)27-10-11-27/h12-17,19-20,22-23,27H,4-7,10-11,18,21H2,1-3H3,(H,32,33,36,37)/t22-,23-. The van der Waals surface area contributed by atoms with Crippen LogP contribution < -0.4 is 10.1 Å². The summed E-state index contributed by atoms with van der Waals surface area (Å²) in [5.41, 5.74) is 2.01. The average Bonchev–Trinajstić information content (AvgIpc) is 3.61. The van der Waals surface area contributed by atoms with Crippen LogP contribution in [-0.2, 0) is 17.1 Å². The summed E-state index contributed by atoms with van der Waals surface area (Å²) >= 11 is 0. The predicted molar refractivity (Wildman–Crippen MR) is 167 cm³/mol. The van der Waals surface area contributed by atoms with Crippen LogP contribution in [0.2, 0.25) is 0 Å². The van der Waals surface area contributed by atoms with Crippen molar-refractivity contribution in [1.29, 1.82) is 0 Å². The molecule has 0 spiro atoms. The van der Waals surface area contributed by atoms with Crippen LogP contribution in [0.25, 0.3) is 11.4 Å². The van der Waals surface area contributed by atoms with Crippen LogP contribution in [-0.4, -0.2) is 79.7 Å². The number of anilines is 2. The predicted octanol–water partition coefficient (Wildman–Crippen LogP) is 3.70. The zero-order chi connectivity index (χ0) is 30.7. The van der Waals surface area contributed by atoms with Crippen LogP contribution in [0.4, 0.5) is 11.6 Å². The lowest BCUT2D eigenvalue weighted by atomic mass is 9.82. The first kappa shape index (κ1) is 29.8. The summed E-state index contributed by atoms with van der Waals surface area (Å²) in [6, 6.07) is 3.56. The molecule has 13 heteroatoms. The number of hydrogen-bond acceptors (Lipinski definition) is 10. The van der Waals surface area contributed by atoms with Gasteiger partial charge in [-0.1, -0.05) is 11.8 Å². The van der Waals surface area contributed by atoms with E-state index in [1.165, 1.54) is 25.2 Å². The first-order valence-corrected chi connectivity index (χ1v) is 16.4. The zero-order valence-corrected chi connectivity index (χ0v) is 26.0. The molecule has 2 aliphatic rings. The van der Waals surface area contributed by atoms with Crippen molar-refractivity contribution in [1.82, 2.24) is 38.8 Å². The van der Waals surface area contributed by atoms with Gasteiger partial charge in [0, 0.05) is 38.2 Å². The Kier molecular flexibility index (Phi) is 8.63. The average molecular weight is 616 g/mol. The summed E-state index contributed by atoms with van der Waals surface area (Å²) in [7, 11) is 2.66. The molecule has 1 N–H and O–H groups in total. The van der Waals surface area contributed by atoms with Crippen LogP contribution >= 0.6 is 0 Å². The number of aryl methyl sites for hydroxylation is 1. The fourth-order valence-corrected chi connectivity index (χ4v) is 6.90. The Morgan fingerprint density at radius 3 is 2.50 bits per heavy atom. The van der Waals surface area contributed by atoms with Gasteiger partial charge in [0.2, 0.25) is 0 Å². The molecule has 2 aliphatic carbocycles. The zero-order valence-electron chi connectivity index (χ0n) is 25.2. The summed E-state index contributed by atoms with van der Waals surface area (Å²) in [5.74, 6) is 9.63. The van der Waals surface area contributed by atoms with Gasteiger partial charge in [0.1, 0.15) is 17.4 Å². The van der Waals surface area contributed by atoms with E-state index in [9.17, 15) is 8.42 Å². The quantitative estimate of drug-likeness (QED) is 0.263. The van der Waals surface area contributed by atoms with E-state index >= 15 is 0 Å². The van der Waals surface area contributed by atoms with Crippen molar-refractivity contribution < 1.29 is 13.2 Å². The van der Waals surface area contributed by atoms with Gasteiger partial charge < -0.3 is 15.0 Å². The third kappa shape index (κ3) is 7.26. The van der Waals surface area contributed by atoms with Crippen LogP contribution in [0.15, 0.2) is 49.3 Å². The summed E-state index contributed by atoms with van der Waals surface area (Å²) in [4.78, 5) is 15.7. The van der Waals surface area contributed by atoms with Gasteiger partial charge in [0.05, 0.1) is 47.1 Å². The number of hydrogen-bond donors (Lipinski definition) is 1. The van der Waals surface area contributed by atoms with E-state index in [4.69, 9.17) is 4.74 Å². The molecule has 4 aromatic heterocycles. The molecule has 44 heavy (non-hydrogen) atoms. The second-order valence-electron chi connectivity index (χ2n) is 11.9. The van der Waals surface area contributed by atoms with Crippen molar-refractivity contribution in [3.8, 4) is 29.0 Å². The molecule has 230 valence electrons. The lowest BCUT2D eigenvalue weighted by Crippen LogP contribution is -2.27. The van der Waals surface area contributed by atoms with Gasteiger partial charge >= 0.3 is 0 Å². The normalized spacial score (nSPS) is 18.5. The van der Waals surface area contributed by atoms with Crippen LogP contribution in [0.1, 0.15) is 49.7 Å². The Labute approximate surface area is 257 Å². The van der Waals surface area contributed by atoms with Gasteiger partial charge in [-0.15, -0.1) is 0 Å². The maximum absolute atomic E-state index is 12.6. The third-order valence-corrected chi connectivity index (χ3v) is 9.95. The molecule has 0 saturated heterocycles. The molecule has 6 rings (SSSR count). The van der Waals surface area contributed by atoms with Gasteiger partial charge in [-0.05, 0) is 70.5 Å². The highest BCUT2D eigenvalue weighted by Crippen LogP contribution is 2.32. The Morgan fingerprint density at radius 1 is 0.977 bits per heavy atom. The van der Waals surface area contributed by atoms with E-state index in [1.54, 1.807) is 29.3 Å². The molecular weight excluding hydrogens is 578 g/mol. The minimum absolute atomic E-state index is 0.354. The molecule has 0 unspecified atom stereocenters. The van der Waals surface area contributed by atoms with E-state index < -0.39 is 10.0 Å².